The number of hydrogen-bond acceptors (Lipinski definition) is 7. The molecule has 0 aliphatic rings. The van der Waals surface area contributed by atoms with E-state index < -0.39 is 0 Å². The number of anilines is 3. The summed E-state index contributed by atoms with van der Waals surface area (Å²) in [5, 5.41) is 2.88. The van der Waals surface area contributed by atoms with Gasteiger partial charge in [0.25, 0.3) is 0 Å². The standard InChI is InChI=1S/C12H15FN6O/c1-3-20-12-17-10(16-11(18-12)19-14)15-9-5-7(2)4-8(13)6-9/h4-6H,3,14H2,1-2H3,(H2,15,16,17,18,19). The summed E-state index contributed by atoms with van der Waals surface area (Å²) in [5.74, 6) is 5.30. The van der Waals surface area contributed by atoms with E-state index in [0.29, 0.717) is 12.3 Å². The highest BCUT2D eigenvalue weighted by Gasteiger charge is 2.07. The summed E-state index contributed by atoms with van der Waals surface area (Å²) < 4.78 is 18.5. The van der Waals surface area contributed by atoms with Gasteiger partial charge in [-0.3, -0.25) is 5.43 Å². The van der Waals surface area contributed by atoms with Crippen molar-refractivity contribution in [2.24, 2.45) is 5.84 Å². The monoisotopic (exact) mass is 278 g/mol. The van der Waals surface area contributed by atoms with E-state index in [1.54, 1.807) is 13.0 Å². The molecule has 0 amide bonds. The summed E-state index contributed by atoms with van der Waals surface area (Å²) in [6.07, 6.45) is 0. The molecule has 0 spiro atoms. The number of nitrogens with zero attached hydrogens (tertiary/aromatic N) is 3. The summed E-state index contributed by atoms with van der Waals surface area (Å²) in [5.41, 5.74) is 3.63. The maximum absolute atomic E-state index is 13.3. The van der Waals surface area contributed by atoms with Crippen molar-refractivity contribution in [1.82, 2.24) is 15.0 Å². The van der Waals surface area contributed by atoms with Crippen molar-refractivity contribution in [2.75, 3.05) is 17.3 Å². The Hall–Kier alpha value is -2.48. The van der Waals surface area contributed by atoms with Crippen LogP contribution in [-0.2, 0) is 0 Å². The highest BCUT2D eigenvalue weighted by molar-refractivity contribution is 5.55. The minimum absolute atomic E-state index is 0.131. The van der Waals surface area contributed by atoms with Gasteiger partial charge in [-0.2, -0.15) is 15.0 Å². The molecule has 20 heavy (non-hydrogen) atoms. The highest BCUT2D eigenvalue weighted by atomic mass is 19.1. The van der Waals surface area contributed by atoms with Gasteiger partial charge in [0.2, 0.25) is 11.9 Å². The number of nitrogens with one attached hydrogen (secondary N) is 2. The zero-order chi connectivity index (χ0) is 14.5. The fraction of sp³-hybridized carbons (Fsp3) is 0.250. The van der Waals surface area contributed by atoms with Crippen LogP contribution in [0.1, 0.15) is 12.5 Å². The Balaban J connectivity index is 2.29. The summed E-state index contributed by atoms with van der Waals surface area (Å²) >= 11 is 0. The van der Waals surface area contributed by atoms with Gasteiger partial charge < -0.3 is 10.1 Å². The molecule has 0 radical (unpaired) electrons. The van der Waals surface area contributed by atoms with E-state index in [1.807, 2.05) is 6.92 Å². The average Bonchev–Trinajstić information content (AvgIpc) is 2.37. The molecule has 0 unspecified atom stereocenters. The van der Waals surface area contributed by atoms with Crippen LogP contribution in [-0.4, -0.2) is 21.6 Å². The zero-order valence-electron chi connectivity index (χ0n) is 11.1. The molecule has 0 aliphatic heterocycles. The molecule has 0 saturated carbocycles. The summed E-state index contributed by atoms with van der Waals surface area (Å²) in [6.45, 7) is 4.01. The molecule has 0 saturated heterocycles. The van der Waals surface area contributed by atoms with E-state index in [1.165, 1.54) is 12.1 Å². The normalized spacial score (nSPS) is 10.2. The lowest BCUT2D eigenvalue weighted by Crippen LogP contribution is -2.13. The lowest BCUT2D eigenvalue weighted by Gasteiger charge is -2.09. The molecule has 0 fully saturated rings. The van der Waals surface area contributed by atoms with Crippen molar-refractivity contribution in [1.29, 1.82) is 0 Å². The van der Waals surface area contributed by atoms with Gasteiger partial charge in [0.15, 0.2) is 0 Å². The first-order chi connectivity index (χ1) is 9.60. The fourth-order valence-corrected chi connectivity index (χ4v) is 1.61. The van der Waals surface area contributed by atoms with Crippen LogP contribution in [0, 0.1) is 12.7 Å². The molecule has 2 aromatic rings. The number of halogens is 1. The van der Waals surface area contributed by atoms with Crippen LogP contribution in [0.15, 0.2) is 18.2 Å². The first-order valence-corrected chi connectivity index (χ1v) is 6.00. The Labute approximate surface area is 115 Å². The van der Waals surface area contributed by atoms with Crippen LogP contribution in [0.25, 0.3) is 0 Å². The number of aromatic nitrogens is 3. The lowest BCUT2D eigenvalue weighted by atomic mass is 10.2. The van der Waals surface area contributed by atoms with Gasteiger partial charge >= 0.3 is 6.01 Å². The second kappa shape index (κ2) is 6.11. The minimum Gasteiger partial charge on any atom is -0.464 e. The van der Waals surface area contributed by atoms with Gasteiger partial charge in [-0.15, -0.1) is 0 Å². The first-order valence-electron chi connectivity index (χ1n) is 6.00. The van der Waals surface area contributed by atoms with E-state index in [4.69, 9.17) is 10.6 Å². The predicted molar refractivity (Wildman–Crippen MR) is 73.2 cm³/mol. The summed E-state index contributed by atoms with van der Waals surface area (Å²) in [6, 6.07) is 4.66. The van der Waals surface area contributed by atoms with Gasteiger partial charge in [0, 0.05) is 5.69 Å². The van der Waals surface area contributed by atoms with Crippen LogP contribution in [0.2, 0.25) is 0 Å². The molecular formula is C12H15FN6O. The molecule has 0 atom stereocenters. The molecule has 1 heterocycles. The van der Waals surface area contributed by atoms with Gasteiger partial charge in [0.1, 0.15) is 5.82 Å². The van der Waals surface area contributed by atoms with Crippen LogP contribution in [0.5, 0.6) is 6.01 Å². The smallest absolute Gasteiger partial charge is 0.323 e. The Morgan fingerprint density at radius 2 is 1.95 bits per heavy atom. The molecule has 1 aromatic carbocycles. The molecule has 2 rings (SSSR count). The Kier molecular flexibility index (Phi) is 4.26. The largest absolute Gasteiger partial charge is 0.464 e. The van der Waals surface area contributed by atoms with Crippen LogP contribution in [0.4, 0.5) is 22.0 Å². The van der Waals surface area contributed by atoms with E-state index >= 15 is 0 Å². The van der Waals surface area contributed by atoms with E-state index in [0.717, 1.165) is 5.56 Å². The highest BCUT2D eigenvalue weighted by Crippen LogP contribution is 2.18. The Morgan fingerprint density at radius 3 is 2.60 bits per heavy atom. The van der Waals surface area contributed by atoms with Gasteiger partial charge in [-0.05, 0) is 37.6 Å². The second-order valence-electron chi connectivity index (χ2n) is 3.98. The van der Waals surface area contributed by atoms with Crippen molar-refractivity contribution >= 4 is 17.6 Å². The van der Waals surface area contributed by atoms with E-state index in [2.05, 4.69) is 25.7 Å². The van der Waals surface area contributed by atoms with E-state index in [9.17, 15) is 4.39 Å². The van der Waals surface area contributed by atoms with Crippen molar-refractivity contribution in [3.8, 4) is 6.01 Å². The predicted octanol–water partition coefficient (Wildman–Crippen LogP) is 1.75. The number of benzene rings is 1. The summed E-state index contributed by atoms with van der Waals surface area (Å²) in [7, 11) is 0. The van der Waals surface area contributed by atoms with Crippen LogP contribution in [0.3, 0.4) is 0 Å². The van der Waals surface area contributed by atoms with Crippen molar-refractivity contribution in [3.05, 3.63) is 29.6 Å². The first kappa shape index (κ1) is 13.9. The fourth-order valence-electron chi connectivity index (χ4n) is 1.61. The van der Waals surface area contributed by atoms with Crippen molar-refractivity contribution < 1.29 is 9.13 Å². The Bertz CT molecular complexity index is 586. The van der Waals surface area contributed by atoms with Gasteiger partial charge in [0.05, 0.1) is 6.61 Å². The molecule has 0 bridgehead atoms. The average molecular weight is 278 g/mol. The topological polar surface area (TPSA) is 98.0 Å². The SMILES string of the molecule is CCOc1nc(NN)nc(Nc2cc(C)cc(F)c2)n1. The van der Waals surface area contributed by atoms with E-state index in [-0.39, 0.29) is 23.7 Å². The van der Waals surface area contributed by atoms with Crippen molar-refractivity contribution in [2.45, 2.75) is 13.8 Å². The number of ether oxygens (including phenoxy) is 1. The Morgan fingerprint density at radius 1 is 1.20 bits per heavy atom. The lowest BCUT2D eigenvalue weighted by molar-refractivity contribution is 0.312. The molecule has 1 aromatic heterocycles. The zero-order valence-corrected chi connectivity index (χ0v) is 11.1. The number of nitrogen functional groups attached to an aromatic ring is 1. The summed E-state index contributed by atoms with van der Waals surface area (Å²) in [4.78, 5) is 12.0. The molecular weight excluding hydrogens is 263 g/mol. The van der Waals surface area contributed by atoms with Crippen LogP contribution < -0.4 is 21.3 Å². The van der Waals surface area contributed by atoms with Crippen LogP contribution >= 0.6 is 0 Å². The molecule has 0 aliphatic carbocycles. The third-order valence-corrected chi connectivity index (χ3v) is 2.32. The van der Waals surface area contributed by atoms with Gasteiger partial charge in [-0.1, -0.05) is 0 Å². The number of hydrogen-bond donors (Lipinski definition) is 3. The number of nitrogens with two attached hydrogens (primary N) is 1. The second-order valence-corrected chi connectivity index (χ2v) is 3.98. The minimum atomic E-state index is -0.344. The van der Waals surface area contributed by atoms with Crippen molar-refractivity contribution in [3.63, 3.8) is 0 Å². The molecule has 106 valence electrons. The number of hydrazine groups is 1. The molecule has 7 nitrogen and oxygen atoms in total. The number of aryl methyl sites for hydroxylation is 1. The molecule has 4 N–H and O–H groups in total. The molecule has 8 heteroatoms. The maximum Gasteiger partial charge on any atom is 0.323 e. The third kappa shape index (κ3) is 3.51. The maximum atomic E-state index is 13.3. The number of rotatable bonds is 5. The van der Waals surface area contributed by atoms with Gasteiger partial charge in [-0.25, -0.2) is 10.2 Å². The quantitative estimate of drug-likeness (QED) is 0.566. The third-order valence-electron chi connectivity index (χ3n) is 2.32.